The van der Waals surface area contributed by atoms with Crippen molar-refractivity contribution in [1.82, 2.24) is 20.2 Å². The highest BCUT2D eigenvalue weighted by Gasteiger charge is 2.50. The molecular weight excluding hydrogens is 433 g/mol. The summed E-state index contributed by atoms with van der Waals surface area (Å²) in [6, 6.07) is 13.3. The van der Waals surface area contributed by atoms with Crippen LogP contribution >= 0.6 is 0 Å². The van der Waals surface area contributed by atoms with Crippen LogP contribution in [0.2, 0.25) is 0 Å². The van der Waals surface area contributed by atoms with Crippen molar-refractivity contribution >= 4 is 17.5 Å². The lowest BCUT2D eigenvalue weighted by Gasteiger charge is -2.38. The summed E-state index contributed by atoms with van der Waals surface area (Å²) in [4.78, 5) is 26.6. The Morgan fingerprint density at radius 2 is 1.97 bits per heavy atom. The van der Waals surface area contributed by atoms with Crippen molar-refractivity contribution in [3.05, 3.63) is 71.8 Å². The number of anilines is 2. The number of amides is 1. The van der Waals surface area contributed by atoms with Gasteiger partial charge in [-0.05, 0) is 30.2 Å². The molecule has 7 rings (SSSR count). The molecule has 5 heterocycles. The second-order valence-corrected chi connectivity index (χ2v) is 9.80. The lowest BCUT2D eigenvalue weighted by atomic mass is 9.80. The number of carbonyl (C=O) groups excluding carboxylic acids is 1. The summed E-state index contributed by atoms with van der Waals surface area (Å²) in [5.74, 6) is 0.322. The quantitative estimate of drug-likeness (QED) is 0.652. The van der Waals surface area contributed by atoms with Crippen LogP contribution in [0.5, 0.6) is 0 Å². The van der Waals surface area contributed by atoms with E-state index in [-0.39, 0.29) is 23.2 Å². The molecule has 172 valence electrons. The summed E-state index contributed by atoms with van der Waals surface area (Å²) >= 11 is 0. The normalized spacial score (nSPS) is 23.9. The summed E-state index contributed by atoms with van der Waals surface area (Å²) < 4.78 is 19.8. The molecule has 34 heavy (non-hydrogen) atoms. The van der Waals surface area contributed by atoms with E-state index < -0.39 is 0 Å². The lowest BCUT2D eigenvalue weighted by molar-refractivity contribution is -0.0507. The van der Waals surface area contributed by atoms with Gasteiger partial charge in [-0.3, -0.25) is 4.79 Å². The van der Waals surface area contributed by atoms with Crippen molar-refractivity contribution in [3.8, 4) is 11.1 Å². The molecule has 2 aromatic carbocycles. The number of piperazine rings is 1. The van der Waals surface area contributed by atoms with Crippen molar-refractivity contribution < 1.29 is 13.9 Å². The van der Waals surface area contributed by atoms with Gasteiger partial charge in [0.2, 0.25) is 5.95 Å². The highest BCUT2D eigenvalue weighted by Crippen LogP contribution is 2.48. The molecule has 0 saturated carbocycles. The minimum atomic E-state index is -0.301. The molecule has 3 aromatic rings. The number of hydrogen-bond donors (Lipinski definition) is 1. The molecule has 0 unspecified atom stereocenters. The number of benzene rings is 2. The molecule has 0 radical (unpaired) electrons. The number of aromatic nitrogens is 2. The van der Waals surface area contributed by atoms with Crippen molar-refractivity contribution in [2.45, 2.75) is 23.9 Å². The smallest absolute Gasteiger partial charge is 0.254 e. The lowest BCUT2D eigenvalue weighted by Crippen LogP contribution is -2.49. The summed E-state index contributed by atoms with van der Waals surface area (Å²) in [7, 11) is 0. The molecular formula is C26H24FN5O2. The molecule has 2 bridgehead atoms. The van der Waals surface area contributed by atoms with Gasteiger partial charge >= 0.3 is 0 Å². The van der Waals surface area contributed by atoms with Crippen LogP contribution in [0.25, 0.3) is 11.1 Å². The fraction of sp³-hybridized carbons (Fsp3) is 0.346. The molecule has 0 aliphatic carbocycles. The molecule has 4 aliphatic heterocycles. The maximum absolute atomic E-state index is 14.2. The largest absolute Gasteiger partial charge is 0.379 e. The predicted octanol–water partition coefficient (Wildman–Crippen LogP) is 2.89. The van der Waals surface area contributed by atoms with Crippen LogP contribution in [0.15, 0.2) is 54.9 Å². The summed E-state index contributed by atoms with van der Waals surface area (Å²) in [6.45, 7) is 3.60. The predicted molar refractivity (Wildman–Crippen MR) is 125 cm³/mol. The van der Waals surface area contributed by atoms with Gasteiger partial charge in [-0.2, -0.15) is 0 Å². The molecule has 1 aromatic heterocycles. The Bertz CT molecular complexity index is 1290. The minimum Gasteiger partial charge on any atom is -0.379 e. The van der Waals surface area contributed by atoms with Gasteiger partial charge in [0.15, 0.2) is 0 Å². The third-order valence-electron chi connectivity index (χ3n) is 7.71. The van der Waals surface area contributed by atoms with Gasteiger partial charge in [-0.15, -0.1) is 0 Å². The molecule has 8 heteroatoms. The fourth-order valence-electron chi connectivity index (χ4n) is 5.85. The van der Waals surface area contributed by atoms with Gasteiger partial charge < -0.3 is 19.9 Å². The van der Waals surface area contributed by atoms with E-state index in [1.165, 1.54) is 11.6 Å². The van der Waals surface area contributed by atoms with Gasteiger partial charge in [0.05, 0.1) is 18.6 Å². The summed E-state index contributed by atoms with van der Waals surface area (Å²) in [6.07, 6.45) is 4.35. The maximum atomic E-state index is 14.2. The second kappa shape index (κ2) is 7.32. The molecule has 7 nitrogen and oxygen atoms in total. The number of hydrogen-bond acceptors (Lipinski definition) is 6. The zero-order valence-electron chi connectivity index (χ0n) is 18.6. The molecule has 1 spiro atoms. The van der Waals surface area contributed by atoms with E-state index in [4.69, 9.17) is 4.74 Å². The fourth-order valence-corrected chi connectivity index (χ4v) is 5.85. The van der Waals surface area contributed by atoms with E-state index in [1.807, 2.05) is 17.0 Å². The Hall–Kier alpha value is -3.36. The van der Waals surface area contributed by atoms with E-state index in [0.717, 1.165) is 25.2 Å². The number of likely N-dealkylation sites (tertiary alicyclic amines) is 1. The summed E-state index contributed by atoms with van der Waals surface area (Å²) in [5.41, 5.74) is 3.81. The number of nitrogens with zero attached hydrogens (tertiary/aromatic N) is 4. The average molecular weight is 458 g/mol. The highest BCUT2D eigenvalue weighted by atomic mass is 19.1. The van der Waals surface area contributed by atoms with Gasteiger partial charge in [0, 0.05) is 66.5 Å². The number of rotatable bonds is 3. The van der Waals surface area contributed by atoms with Crippen LogP contribution in [0.3, 0.4) is 0 Å². The van der Waals surface area contributed by atoms with Crippen molar-refractivity contribution in [2.24, 2.45) is 0 Å². The molecule has 1 amide bonds. The minimum absolute atomic E-state index is 0.0818. The first-order chi connectivity index (χ1) is 16.6. The van der Waals surface area contributed by atoms with Crippen LogP contribution in [0.4, 0.5) is 16.0 Å². The third-order valence-corrected chi connectivity index (χ3v) is 7.71. The molecule has 3 saturated heterocycles. The zero-order chi connectivity index (χ0) is 22.9. The Morgan fingerprint density at radius 1 is 1.15 bits per heavy atom. The number of halogens is 1. The van der Waals surface area contributed by atoms with E-state index in [2.05, 4.69) is 26.3 Å². The van der Waals surface area contributed by atoms with Crippen molar-refractivity contribution in [2.75, 3.05) is 37.7 Å². The average Bonchev–Trinajstić information content (AvgIpc) is 3.56. The Labute approximate surface area is 196 Å². The van der Waals surface area contributed by atoms with Crippen LogP contribution in [0.1, 0.15) is 22.3 Å². The SMILES string of the molecule is O=C(c1ccc2c(c1)N(c1ncc(-c3ccccc3F)cn1)CC21COC1)N1C[C@@H]2C[C@H]1CN2. The van der Waals surface area contributed by atoms with E-state index in [0.29, 0.717) is 48.4 Å². The number of fused-ring (bicyclic) bond motifs is 4. The van der Waals surface area contributed by atoms with Crippen molar-refractivity contribution in [1.29, 1.82) is 0 Å². The van der Waals surface area contributed by atoms with Crippen LogP contribution < -0.4 is 10.2 Å². The Morgan fingerprint density at radius 3 is 2.65 bits per heavy atom. The summed E-state index contributed by atoms with van der Waals surface area (Å²) in [5, 5.41) is 3.45. The first-order valence-electron chi connectivity index (χ1n) is 11.7. The van der Waals surface area contributed by atoms with E-state index >= 15 is 0 Å². The Kier molecular flexibility index (Phi) is 4.32. The topological polar surface area (TPSA) is 70.6 Å². The zero-order valence-corrected chi connectivity index (χ0v) is 18.6. The van der Waals surface area contributed by atoms with E-state index in [1.54, 1.807) is 30.6 Å². The van der Waals surface area contributed by atoms with Gasteiger partial charge in [0.1, 0.15) is 5.82 Å². The number of nitrogens with one attached hydrogen (secondary N) is 1. The molecule has 4 aliphatic rings. The first kappa shape index (κ1) is 20.1. The third kappa shape index (κ3) is 2.91. The Balaban J connectivity index is 1.23. The van der Waals surface area contributed by atoms with Crippen LogP contribution in [0, 0.1) is 5.82 Å². The molecule has 3 fully saturated rings. The van der Waals surface area contributed by atoms with Crippen LogP contribution in [-0.4, -0.2) is 65.7 Å². The molecule has 1 N–H and O–H groups in total. The first-order valence-corrected chi connectivity index (χ1v) is 11.7. The number of ether oxygens (including phenoxy) is 1. The molecule has 2 atom stereocenters. The van der Waals surface area contributed by atoms with Gasteiger partial charge in [-0.1, -0.05) is 24.3 Å². The van der Waals surface area contributed by atoms with Crippen LogP contribution in [-0.2, 0) is 10.2 Å². The van der Waals surface area contributed by atoms with Gasteiger partial charge in [-0.25, -0.2) is 14.4 Å². The standard InChI is InChI=1S/C26H24FN5O2/c27-22-4-2-1-3-20(22)17-9-29-25(30-10-17)32-13-26(14-34-15-26)21-6-5-16(7-23(21)32)24(33)31-12-18-8-19(31)11-28-18/h1-7,9-10,18-19,28H,8,11-15H2/t18-,19-/m0/s1. The van der Waals surface area contributed by atoms with Gasteiger partial charge in [0.25, 0.3) is 5.91 Å². The highest BCUT2D eigenvalue weighted by molar-refractivity contribution is 5.96. The second-order valence-electron chi connectivity index (χ2n) is 9.80. The van der Waals surface area contributed by atoms with E-state index in [9.17, 15) is 9.18 Å². The van der Waals surface area contributed by atoms with Crippen molar-refractivity contribution in [3.63, 3.8) is 0 Å². The number of carbonyl (C=O) groups is 1. The monoisotopic (exact) mass is 457 g/mol. The maximum Gasteiger partial charge on any atom is 0.254 e.